The lowest BCUT2D eigenvalue weighted by molar-refractivity contribution is -0.137. The molecule has 7 heteroatoms. The number of nitrogens with zero attached hydrogens (tertiary/aromatic N) is 1. The average Bonchev–Trinajstić information content (AvgIpc) is 2.45. The maximum atomic E-state index is 12.5. The van der Waals surface area contributed by atoms with E-state index in [1.165, 1.54) is 0 Å². The number of hydrogen-bond donors (Lipinski definition) is 0. The fourth-order valence-corrected chi connectivity index (χ4v) is 1.51. The third-order valence-electron chi connectivity index (χ3n) is 2.55. The quantitative estimate of drug-likeness (QED) is 0.693. The van der Waals surface area contributed by atoms with Gasteiger partial charge in [-0.05, 0) is 18.2 Å². The Bertz CT molecular complexity index is 483. The zero-order chi connectivity index (χ0) is 15.7. The van der Waals surface area contributed by atoms with Crippen LogP contribution in [0.2, 0.25) is 0 Å². The Kier molecular flexibility index (Phi) is 6.99. The Morgan fingerprint density at radius 2 is 1.90 bits per heavy atom. The minimum atomic E-state index is -4.47. The maximum absolute atomic E-state index is 12.5. The molecule has 0 unspecified atom stereocenters. The molecule has 0 spiro atoms. The van der Waals surface area contributed by atoms with Gasteiger partial charge in [0.2, 0.25) is 0 Å². The Labute approximate surface area is 121 Å². The fourth-order valence-electron chi connectivity index (χ4n) is 1.51. The molecular formula is C14H16F3NO3. The van der Waals surface area contributed by atoms with E-state index in [1.807, 2.05) is 0 Å². The standard InChI is InChI=1S/C14H16F3NO3/c1-19-7-8-20-5-2-6-21-13-4-3-12(14(15,16)17)9-11(13)10-18/h3-4,9H,2,5-8H2,1H3. The van der Waals surface area contributed by atoms with E-state index in [4.69, 9.17) is 19.5 Å². The molecule has 0 N–H and O–H groups in total. The summed E-state index contributed by atoms with van der Waals surface area (Å²) in [6, 6.07) is 4.54. The molecule has 21 heavy (non-hydrogen) atoms. The summed E-state index contributed by atoms with van der Waals surface area (Å²) in [4.78, 5) is 0. The van der Waals surface area contributed by atoms with Gasteiger partial charge in [0.15, 0.2) is 0 Å². The highest BCUT2D eigenvalue weighted by Gasteiger charge is 2.31. The molecule has 0 aliphatic rings. The van der Waals surface area contributed by atoms with Crippen LogP contribution in [0.25, 0.3) is 0 Å². The Morgan fingerprint density at radius 3 is 2.52 bits per heavy atom. The van der Waals surface area contributed by atoms with Gasteiger partial charge in [-0.3, -0.25) is 0 Å². The van der Waals surface area contributed by atoms with E-state index in [1.54, 1.807) is 13.2 Å². The highest BCUT2D eigenvalue weighted by atomic mass is 19.4. The molecule has 0 saturated heterocycles. The van der Waals surface area contributed by atoms with Gasteiger partial charge in [0.25, 0.3) is 0 Å². The predicted octanol–water partition coefficient (Wildman–Crippen LogP) is 3.01. The predicted molar refractivity (Wildman–Crippen MR) is 69.0 cm³/mol. The van der Waals surface area contributed by atoms with Gasteiger partial charge in [-0.2, -0.15) is 18.4 Å². The molecular weight excluding hydrogens is 287 g/mol. The lowest BCUT2D eigenvalue weighted by Crippen LogP contribution is -2.08. The van der Waals surface area contributed by atoms with Gasteiger partial charge < -0.3 is 14.2 Å². The number of rotatable bonds is 8. The van der Waals surface area contributed by atoms with Crippen molar-refractivity contribution in [2.24, 2.45) is 0 Å². The first kappa shape index (κ1) is 17.3. The molecule has 0 amide bonds. The van der Waals surface area contributed by atoms with E-state index >= 15 is 0 Å². The summed E-state index contributed by atoms with van der Waals surface area (Å²) in [6.07, 6.45) is -3.91. The summed E-state index contributed by atoms with van der Waals surface area (Å²) in [5.74, 6) is 0.141. The second-order valence-corrected chi connectivity index (χ2v) is 4.13. The zero-order valence-electron chi connectivity index (χ0n) is 11.6. The molecule has 0 radical (unpaired) electrons. The largest absolute Gasteiger partial charge is 0.492 e. The summed E-state index contributed by atoms with van der Waals surface area (Å²) in [7, 11) is 1.57. The number of alkyl halides is 3. The SMILES string of the molecule is COCCOCCCOc1ccc(C(F)(F)F)cc1C#N. The van der Waals surface area contributed by atoms with Crippen molar-refractivity contribution in [3.8, 4) is 11.8 Å². The van der Waals surface area contributed by atoms with Crippen LogP contribution >= 0.6 is 0 Å². The number of hydrogen-bond acceptors (Lipinski definition) is 4. The molecule has 0 aromatic heterocycles. The molecule has 0 saturated carbocycles. The van der Waals surface area contributed by atoms with E-state index in [-0.39, 0.29) is 17.9 Å². The molecule has 0 aliphatic carbocycles. The van der Waals surface area contributed by atoms with E-state index in [9.17, 15) is 13.2 Å². The highest BCUT2D eigenvalue weighted by molar-refractivity contribution is 5.46. The first-order valence-corrected chi connectivity index (χ1v) is 6.30. The molecule has 0 fully saturated rings. The topological polar surface area (TPSA) is 51.5 Å². The summed E-state index contributed by atoms with van der Waals surface area (Å²) in [5, 5.41) is 8.87. The number of nitriles is 1. The minimum Gasteiger partial charge on any atom is -0.492 e. The molecule has 116 valence electrons. The van der Waals surface area contributed by atoms with Gasteiger partial charge >= 0.3 is 6.18 Å². The maximum Gasteiger partial charge on any atom is 0.416 e. The monoisotopic (exact) mass is 303 g/mol. The van der Waals surface area contributed by atoms with Crippen molar-refractivity contribution in [1.82, 2.24) is 0 Å². The van der Waals surface area contributed by atoms with Crippen molar-refractivity contribution in [3.63, 3.8) is 0 Å². The molecule has 0 atom stereocenters. The van der Waals surface area contributed by atoms with Gasteiger partial charge in [-0.25, -0.2) is 0 Å². The first-order valence-electron chi connectivity index (χ1n) is 6.30. The van der Waals surface area contributed by atoms with Gasteiger partial charge in [0.1, 0.15) is 11.8 Å². The lowest BCUT2D eigenvalue weighted by Gasteiger charge is -2.11. The van der Waals surface area contributed by atoms with Gasteiger partial charge in [0.05, 0.1) is 30.9 Å². The van der Waals surface area contributed by atoms with Crippen molar-refractivity contribution in [2.45, 2.75) is 12.6 Å². The molecule has 1 rings (SSSR count). The van der Waals surface area contributed by atoms with Crippen LogP contribution in [0.4, 0.5) is 13.2 Å². The van der Waals surface area contributed by atoms with Crippen LogP contribution in [0, 0.1) is 11.3 Å². The van der Waals surface area contributed by atoms with Crippen molar-refractivity contribution < 1.29 is 27.4 Å². The van der Waals surface area contributed by atoms with Gasteiger partial charge in [-0.15, -0.1) is 0 Å². The van der Waals surface area contributed by atoms with Crippen LogP contribution in [0.5, 0.6) is 5.75 Å². The van der Waals surface area contributed by atoms with E-state index in [2.05, 4.69) is 0 Å². The third-order valence-corrected chi connectivity index (χ3v) is 2.55. The molecule has 0 heterocycles. The van der Waals surface area contributed by atoms with Crippen LogP contribution in [-0.4, -0.2) is 33.5 Å². The van der Waals surface area contributed by atoms with Crippen LogP contribution < -0.4 is 4.74 Å². The van der Waals surface area contributed by atoms with Crippen molar-refractivity contribution >= 4 is 0 Å². The Morgan fingerprint density at radius 1 is 1.14 bits per heavy atom. The first-order chi connectivity index (χ1) is 9.99. The second-order valence-electron chi connectivity index (χ2n) is 4.13. The minimum absolute atomic E-state index is 0.134. The summed E-state index contributed by atoms with van der Waals surface area (Å²) in [5.41, 5.74) is -1.00. The molecule has 0 aliphatic heterocycles. The van der Waals surface area contributed by atoms with Crippen LogP contribution in [0.3, 0.4) is 0 Å². The second kappa shape index (κ2) is 8.49. The normalized spacial score (nSPS) is 11.2. The van der Waals surface area contributed by atoms with Crippen molar-refractivity contribution in [2.75, 3.05) is 33.5 Å². The fraction of sp³-hybridized carbons (Fsp3) is 0.500. The smallest absolute Gasteiger partial charge is 0.416 e. The summed E-state index contributed by atoms with van der Waals surface area (Å²) in [6.45, 7) is 1.68. The van der Waals surface area contributed by atoms with E-state index < -0.39 is 11.7 Å². The highest BCUT2D eigenvalue weighted by Crippen LogP contribution is 2.32. The number of benzene rings is 1. The van der Waals surface area contributed by atoms with Crippen LogP contribution in [0.15, 0.2) is 18.2 Å². The van der Waals surface area contributed by atoms with Gasteiger partial charge in [0, 0.05) is 20.1 Å². The third kappa shape index (κ3) is 6.02. The van der Waals surface area contributed by atoms with Crippen molar-refractivity contribution in [1.29, 1.82) is 5.26 Å². The average molecular weight is 303 g/mol. The van der Waals surface area contributed by atoms with Crippen LogP contribution in [-0.2, 0) is 15.7 Å². The zero-order valence-corrected chi connectivity index (χ0v) is 11.6. The lowest BCUT2D eigenvalue weighted by atomic mass is 10.1. The number of ether oxygens (including phenoxy) is 3. The number of methoxy groups -OCH3 is 1. The van der Waals surface area contributed by atoms with Gasteiger partial charge in [-0.1, -0.05) is 0 Å². The Balaban J connectivity index is 2.47. The Hall–Kier alpha value is -1.78. The van der Waals surface area contributed by atoms with E-state index in [0.29, 0.717) is 26.2 Å². The van der Waals surface area contributed by atoms with E-state index in [0.717, 1.165) is 18.2 Å². The molecule has 1 aromatic rings. The van der Waals surface area contributed by atoms with Crippen LogP contribution in [0.1, 0.15) is 17.5 Å². The molecule has 4 nitrogen and oxygen atoms in total. The summed E-state index contributed by atoms with van der Waals surface area (Å²) < 4.78 is 52.9. The summed E-state index contributed by atoms with van der Waals surface area (Å²) >= 11 is 0. The van der Waals surface area contributed by atoms with Crippen molar-refractivity contribution in [3.05, 3.63) is 29.3 Å². The molecule has 0 bridgehead atoms. The molecule has 1 aromatic carbocycles. The number of halogens is 3.